The van der Waals surface area contributed by atoms with Crippen molar-refractivity contribution in [1.82, 2.24) is 9.88 Å². The van der Waals surface area contributed by atoms with E-state index >= 15 is 0 Å². The molecule has 1 atom stereocenters. The van der Waals surface area contributed by atoms with Crippen LogP contribution in [-0.2, 0) is 4.74 Å². The van der Waals surface area contributed by atoms with Gasteiger partial charge in [0.1, 0.15) is 0 Å². The summed E-state index contributed by atoms with van der Waals surface area (Å²) in [5, 5.41) is 1.24. The first-order valence-corrected chi connectivity index (χ1v) is 6.63. The lowest BCUT2D eigenvalue weighted by molar-refractivity contribution is 0.119. The highest BCUT2D eigenvalue weighted by atomic mass is 16.5. The molecule has 1 saturated heterocycles. The van der Waals surface area contributed by atoms with Crippen molar-refractivity contribution >= 4 is 17.0 Å². The van der Waals surface area contributed by atoms with Gasteiger partial charge in [0.05, 0.1) is 13.2 Å². The third-order valence-electron chi connectivity index (χ3n) is 3.96. The minimum absolute atomic E-state index is 0.130. The molecule has 0 aliphatic carbocycles. The second-order valence-corrected chi connectivity index (χ2v) is 5.06. The number of H-pyrrole nitrogens is 1. The molecule has 1 N–H and O–H groups in total. The molecule has 1 unspecified atom stereocenters. The summed E-state index contributed by atoms with van der Waals surface area (Å²) in [5.74, 6) is 0. The van der Waals surface area contributed by atoms with E-state index < -0.39 is 0 Å². The maximum Gasteiger partial charge on any atom is 0.409 e. The summed E-state index contributed by atoms with van der Waals surface area (Å²) in [6.45, 7) is 2.87. The number of carbonyl (C=O) groups is 1. The fraction of sp³-hybridized carbons (Fsp3) is 0.400. The third kappa shape index (κ3) is 1.87. The number of nitrogens with one attached hydrogen (secondary N) is 1. The van der Waals surface area contributed by atoms with Crippen molar-refractivity contribution in [3.8, 4) is 0 Å². The lowest BCUT2D eigenvalue weighted by Gasteiger charge is -2.24. The van der Waals surface area contributed by atoms with E-state index in [2.05, 4.69) is 24.0 Å². The molecule has 0 spiro atoms. The standard InChI is InChI=1S/C15H18N2O2/c1-10-9-16-12-6-3-5-11(14(10)12)13-7-4-8-17(13)15(18)19-2/h3,5-6,9,13,16H,4,7-8H2,1-2H3. The quantitative estimate of drug-likeness (QED) is 0.852. The molecule has 19 heavy (non-hydrogen) atoms. The van der Waals surface area contributed by atoms with Crippen molar-refractivity contribution in [1.29, 1.82) is 0 Å². The highest BCUT2D eigenvalue weighted by molar-refractivity contribution is 5.87. The van der Waals surface area contributed by atoms with Gasteiger partial charge in [-0.3, -0.25) is 0 Å². The van der Waals surface area contributed by atoms with Crippen LogP contribution in [0.25, 0.3) is 10.9 Å². The lowest BCUT2D eigenvalue weighted by Crippen LogP contribution is -2.30. The molecule has 100 valence electrons. The number of carbonyl (C=O) groups excluding carboxylic acids is 1. The van der Waals surface area contributed by atoms with E-state index in [0.717, 1.165) is 24.9 Å². The molecule has 1 amide bonds. The van der Waals surface area contributed by atoms with Gasteiger partial charge in [-0.15, -0.1) is 0 Å². The Morgan fingerprint density at radius 2 is 2.32 bits per heavy atom. The van der Waals surface area contributed by atoms with Crippen LogP contribution in [0.5, 0.6) is 0 Å². The number of rotatable bonds is 1. The number of ether oxygens (including phenoxy) is 1. The number of hydrogen-bond acceptors (Lipinski definition) is 2. The van der Waals surface area contributed by atoms with E-state index in [0.29, 0.717) is 0 Å². The van der Waals surface area contributed by atoms with Crippen molar-refractivity contribution in [2.75, 3.05) is 13.7 Å². The molecule has 1 aliphatic rings. The fourth-order valence-electron chi connectivity index (χ4n) is 3.09. The zero-order chi connectivity index (χ0) is 13.4. The summed E-state index contributed by atoms with van der Waals surface area (Å²) in [7, 11) is 1.44. The molecule has 2 heterocycles. The molecule has 0 saturated carbocycles. The van der Waals surface area contributed by atoms with Crippen LogP contribution in [-0.4, -0.2) is 29.6 Å². The predicted molar refractivity (Wildman–Crippen MR) is 74.1 cm³/mol. The van der Waals surface area contributed by atoms with E-state index in [-0.39, 0.29) is 12.1 Å². The molecule has 4 nitrogen and oxygen atoms in total. The molecule has 0 bridgehead atoms. The Bertz CT molecular complexity index is 618. The molecule has 1 aromatic carbocycles. The fourth-order valence-corrected chi connectivity index (χ4v) is 3.09. The van der Waals surface area contributed by atoms with Crippen LogP contribution < -0.4 is 0 Å². The Morgan fingerprint density at radius 1 is 1.47 bits per heavy atom. The van der Waals surface area contributed by atoms with Gasteiger partial charge in [-0.1, -0.05) is 12.1 Å². The van der Waals surface area contributed by atoms with Gasteiger partial charge >= 0.3 is 6.09 Å². The number of fused-ring (bicyclic) bond motifs is 1. The number of amides is 1. The molecule has 3 rings (SSSR count). The number of hydrogen-bond donors (Lipinski definition) is 1. The summed E-state index contributed by atoms with van der Waals surface area (Å²) in [6, 6.07) is 6.37. The van der Waals surface area contributed by atoms with Crippen molar-refractivity contribution in [2.24, 2.45) is 0 Å². The van der Waals surface area contributed by atoms with Gasteiger partial charge in [0.2, 0.25) is 0 Å². The first-order chi connectivity index (χ1) is 9.22. The second kappa shape index (κ2) is 4.61. The largest absolute Gasteiger partial charge is 0.453 e. The SMILES string of the molecule is COC(=O)N1CCCC1c1cccc2[nH]cc(C)c12. The maximum atomic E-state index is 11.9. The molecular weight excluding hydrogens is 240 g/mol. The zero-order valence-corrected chi connectivity index (χ0v) is 11.3. The van der Waals surface area contributed by atoms with Gasteiger partial charge in [0.15, 0.2) is 0 Å². The van der Waals surface area contributed by atoms with Crippen LogP contribution in [0.1, 0.15) is 30.0 Å². The molecular formula is C15H18N2O2. The Kier molecular flexibility index (Phi) is 2.93. The average Bonchev–Trinajstić information content (AvgIpc) is 3.05. The van der Waals surface area contributed by atoms with Gasteiger partial charge in [-0.25, -0.2) is 4.79 Å². The van der Waals surface area contributed by atoms with Crippen molar-refractivity contribution in [3.63, 3.8) is 0 Å². The molecule has 1 aromatic heterocycles. The average molecular weight is 258 g/mol. The van der Waals surface area contributed by atoms with E-state index in [1.54, 1.807) is 0 Å². The Balaban J connectivity index is 2.08. The second-order valence-electron chi connectivity index (χ2n) is 5.06. The summed E-state index contributed by atoms with van der Waals surface area (Å²) in [5.41, 5.74) is 3.58. The highest BCUT2D eigenvalue weighted by Gasteiger charge is 2.31. The minimum atomic E-state index is -0.229. The molecule has 4 heteroatoms. The van der Waals surface area contributed by atoms with Crippen LogP contribution in [0.4, 0.5) is 4.79 Å². The van der Waals surface area contributed by atoms with Crippen LogP contribution in [0.3, 0.4) is 0 Å². The van der Waals surface area contributed by atoms with Gasteiger partial charge in [0, 0.05) is 23.6 Å². The van der Waals surface area contributed by atoms with E-state index in [9.17, 15) is 4.79 Å². The number of nitrogens with zero attached hydrogens (tertiary/aromatic N) is 1. The first kappa shape index (κ1) is 12.1. The van der Waals surface area contributed by atoms with Crippen LogP contribution in [0.2, 0.25) is 0 Å². The number of likely N-dealkylation sites (tertiary alicyclic amines) is 1. The zero-order valence-electron chi connectivity index (χ0n) is 11.3. The summed E-state index contributed by atoms with van der Waals surface area (Å²) < 4.78 is 4.89. The number of methoxy groups -OCH3 is 1. The molecule has 1 aliphatic heterocycles. The number of aryl methyl sites for hydroxylation is 1. The Labute approximate surface area is 112 Å². The maximum absolute atomic E-state index is 11.9. The molecule has 2 aromatic rings. The van der Waals surface area contributed by atoms with E-state index in [1.807, 2.05) is 17.2 Å². The number of aromatic nitrogens is 1. The van der Waals surface area contributed by atoms with E-state index in [4.69, 9.17) is 4.74 Å². The molecule has 0 radical (unpaired) electrons. The number of benzene rings is 1. The van der Waals surface area contributed by atoms with E-state index in [1.165, 1.54) is 23.6 Å². The van der Waals surface area contributed by atoms with Crippen LogP contribution in [0.15, 0.2) is 24.4 Å². The van der Waals surface area contributed by atoms with Gasteiger partial charge in [-0.2, -0.15) is 0 Å². The predicted octanol–water partition coefficient (Wildman–Crippen LogP) is 3.38. The minimum Gasteiger partial charge on any atom is -0.453 e. The normalized spacial score (nSPS) is 19.1. The summed E-state index contributed by atoms with van der Waals surface area (Å²) in [4.78, 5) is 17.0. The van der Waals surface area contributed by atoms with Gasteiger partial charge in [-0.05, 0) is 37.0 Å². The third-order valence-corrected chi connectivity index (χ3v) is 3.96. The number of aromatic amines is 1. The van der Waals surface area contributed by atoms with Crippen molar-refractivity contribution < 1.29 is 9.53 Å². The van der Waals surface area contributed by atoms with Crippen molar-refractivity contribution in [2.45, 2.75) is 25.8 Å². The van der Waals surface area contributed by atoms with Crippen LogP contribution in [0, 0.1) is 6.92 Å². The lowest BCUT2D eigenvalue weighted by atomic mass is 9.98. The molecule has 1 fully saturated rings. The van der Waals surface area contributed by atoms with Crippen molar-refractivity contribution in [3.05, 3.63) is 35.5 Å². The first-order valence-electron chi connectivity index (χ1n) is 6.63. The Hall–Kier alpha value is -1.97. The van der Waals surface area contributed by atoms with Gasteiger partial charge in [0.25, 0.3) is 0 Å². The summed E-state index contributed by atoms with van der Waals surface area (Å²) >= 11 is 0. The highest BCUT2D eigenvalue weighted by Crippen LogP contribution is 2.37. The monoisotopic (exact) mass is 258 g/mol. The topological polar surface area (TPSA) is 45.3 Å². The van der Waals surface area contributed by atoms with Gasteiger partial charge < -0.3 is 14.6 Å². The van der Waals surface area contributed by atoms with Crippen LogP contribution >= 0.6 is 0 Å². The smallest absolute Gasteiger partial charge is 0.409 e. The Morgan fingerprint density at radius 3 is 3.11 bits per heavy atom. The summed E-state index contributed by atoms with van der Waals surface area (Å²) in [6.07, 6.45) is 3.82.